The number of ether oxygens (including phenoxy) is 1. The third-order valence-corrected chi connectivity index (χ3v) is 4.34. The molecule has 1 N–H and O–H groups in total. The molecule has 1 fully saturated rings. The van der Waals surface area contributed by atoms with E-state index in [1.807, 2.05) is 23.1 Å². The fourth-order valence-corrected chi connectivity index (χ4v) is 2.85. The molecule has 0 saturated carbocycles. The number of hydrogen-bond acceptors (Lipinski definition) is 6. The van der Waals surface area contributed by atoms with Crippen LogP contribution in [-0.4, -0.2) is 46.6 Å². The number of rotatable bonds is 6. The Balaban J connectivity index is 1.42. The van der Waals surface area contributed by atoms with Crippen LogP contribution < -0.4 is 10.1 Å². The Hall–Kier alpha value is -2.90. The van der Waals surface area contributed by atoms with Crippen molar-refractivity contribution in [2.24, 2.45) is 0 Å². The van der Waals surface area contributed by atoms with Gasteiger partial charge in [-0.2, -0.15) is 4.98 Å². The number of likely N-dealkylation sites (tertiary alicyclic amines) is 1. The molecule has 1 aliphatic heterocycles. The SMILES string of the molecule is CC(=O)N1CCC(c2noc(CNC(=O)COc3ccccc3)n2)CC1. The van der Waals surface area contributed by atoms with Gasteiger partial charge in [0.05, 0.1) is 6.54 Å². The second-order valence-corrected chi connectivity index (χ2v) is 6.21. The lowest BCUT2D eigenvalue weighted by atomic mass is 9.96. The topological polar surface area (TPSA) is 97.6 Å². The average molecular weight is 358 g/mol. The highest BCUT2D eigenvalue weighted by atomic mass is 16.5. The Morgan fingerprint density at radius 3 is 2.69 bits per heavy atom. The minimum Gasteiger partial charge on any atom is -0.484 e. The third kappa shape index (κ3) is 4.81. The summed E-state index contributed by atoms with van der Waals surface area (Å²) < 4.78 is 10.6. The second kappa shape index (κ2) is 8.46. The fourth-order valence-electron chi connectivity index (χ4n) is 2.85. The monoisotopic (exact) mass is 358 g/mol. The van der Waals surface area contributed by atoms with Gasteiger partial charge in [-0.05, 0) is 25.0 Å². The molecule has 0 aliphatic carbocycles. The van der Waals surface area contributed by atoms with Crippen molar-refractivity contribution in [3.8, 4) is 5.75 Å². The quantitative estimate of drug-likeness (QED) is 0.840. The van der Waals surface area contributed by atoms with Crippen molar-refractivity contribution < 1.29 is 18.8 Å². The van der Waals surface area contributed by atoms with Crippen LogP contribution in [-0.2, 0) is 16.1 Å². The number of carbonyl (C=O) groups is 2. The van der Waals surface area contributed by atoms with E-state index in [0.717, 1.165) is 12.8 Å². The highest BCUT2D eigenvalue weighted by Gasteiger charge is 2.25. The van der Waals surface area contributed by atoms with Crippen molar-refractivity contribution >= 4 is 11.8 Å². The zero-order valence-electron chi connectivity index (χ0n) is 14.7. The zero-order valence-corrected chi connectivity index (χ0v) is 14.7. The molecule has 0 atom stereocenters. The number of benzene rings is 1. The summed E-state index contributed by atoms with van der Waals surface area (Å²) in [6, 6.07) is 9.14. The highest BCUT2D eigenvalue weighted by Crippen LogP contribution is 2.25. The van der Waals surface area contributed by atoms with E-state index < -0.39 is 0 Å². The molecule has 1 saturated heterocycles. The summed E-state index contributed by atoms with van der Waals surface area (Å²) in [6.45, 7) is 3.08. The summed E-state index contributed by atoms with van der Waals surface area (Å²) in [5.41, 5.74) is 0. The van der Waals surface area contributed by atoms with Gasteiger partial charge in [-0.15, -0.1) is 0 Å². The van der Waals surface area contributed by atoms with Gasteiger partial charge in [0.2, 0.25) is 11.8 Å². The molecule has 8 heteroatoms. The van der Waals surface area contributed by atoms with Crippen molar-refractivity contribution in [1.82, 2.24) is 20.4 Å². The van der Waals surface area contributed by atoms with Crippen LogP contribution >= 0.6 is 0 Å². The smallest absolute Gasteiger partial charge is 0.258 e. The molecule has 1 aromatic heterocycles. The Bertz CT molecular complexity index is 739. The van der Waals surface area contributed by atoms with Crippen LogP contribution in [0.25, 0.3) is 0 Å². The van der Waals surface area contributed by atoms with E-state index in [2.05, 4.69) is 15.5 Å². The Kier molecular flexibility index (Phi) is 5.83. The van der Waals surface area contributed by atoms with E-state index in [9.17, 15) is 9.59 Å². The number of nitrogens with zero attached hydrogens (tertiary/aromatic N) is 3. The molecular formula is C18H22N4O4. The summed E-state index contributed by atoms with van der Waals surface area (Å²) >= 11 is 0. The van der Waals surface area contributed by atoms with Gasteiger partial charge in [-0.3, -0.25) is 9.59 Å². The molecule has 0 bridgehead atoms. The van der Waals surface area contributed by atoms with Crippen LogP contribution in [0, 0.1) is 0 Å². The van der Waals surface area contributed by atoms with Gasteiger partial charge in [-0.25, -0.2) is 0 Å². The van der Waals surface area contributed by atoms with Gasteiger partial charge in [0.25, 0.3) is 5.91 Å². The first kappa shape index (κ1) is 17.9. The molecule has 0 spiro atoms. The maximum Gasteiger partial charge on any atom is 0.258 e. The van der Waals surface area contributed by atoms with Gasteiger partial charge in [-0.1, -0.05) is 23.4 Å². The van der Waals surface area contributed by atoms with Gasteiger partial charge < -0.3 is 19.5 Å². The first-order valence-corrected chi connectivity index (χ1v) is 8.64. The number of amides is 2. The maximum absolute atomic E-state index is 11.8. The van der Waals surface area contributed by atoms with Crippen molar-refractivity contribution in [3.05, 3.63) is 42.0 Å². The van der Waals surface area contributed by atoms with Crippen LogP contribution in [0.5, 0.6) is 5.75 Å². The number of hydrogen-bond donors (Lipinski definition) is 1. The molecule has 1 aliphatic rings. The van der Waals surface area contributed by atoms with E-state index >= 15 is 0 Å². The molecular weight excluding hydrogens is 336 g/mol. The van der Waals surface area contributed by atoms with Crippen molar-refractivity contribution in [2.75, 3.05) is 19.7 Å². The van der Waals surface area contributed by atoms with Crippen LogP contribution in [0.2, 0.25) is 0 Å². The molecule has 2 amide bonds. The lowest BCUT2D eigenvalue weighted by Gasteiger charge is -2.29. The van der Waals surface area contributed by atoms with Crippen molar-refractivity contribution in [2.45, 2.75) is 32.2 Å². The number of nitrogens with one attached hydrogen (secondary N) is 1. The van der Waals surface area contributed by atoms with Gasteiger partial charge in [0.15, 0.2) is 12.4 Å². The standard InChI is InChI=1S/C18H22N4O4/c1-13(23)22-9-7-14(8-10-22)18-20-17(26-21-18)11-19-16(24)12-25-15-5-3-2-4-6-15/h2-6,14H,7-12H2,1H3,(H,19,24). The van der Waals surface area contributed by atoms with Crippen LogP contribution in [0.3, 0.4) is 0 Å². The van der Waals surface area contributed by atoms with Gasteiger partial charge >= 0.3 is 0 Å². The summed E-state index contributed by atoms with van der Waals surface area (Å²) in [6.07, 6.45) is 1.63. The molecule has 2 heterocycles. The van der Waals surface area contributed by atoms with Crippen molar-refractivity contribution in [3.63, 3.8) is 0 Å². The molecule has 2 aromatic rings. The van der Waals surface area contributed by atoms with Crippen molar-refractivity contribution in [1.29, 1.82) is 0 Å². The number of para-hydroxylation sites is 1. The predicted octanol–water partition coefficient (Wildman–Crippen LogP) is 1.49. The second-order valence-electron chi connectivity index (χ2n) is 6.21. The predicted molar refractivity (Wildman–Crippen MR) is 92.3 cm³/mol. The third-order valence-electron chi connectivity index (χ3n) is 4.34. The first-order chi connectivity index (χ1) is 12.6. The van der Waals surface area contributed by atoms with Crippen LogP contribution in [0.4, 0.5) is 0 Å². The molecule has 3 rings (SSSR count). The lowest BCUT2D eigenvalue weighted by Crippen LogP contribution is -2.36. The normalized spacial score (nSPS) is 14.9. The Morgan fingerprint density at radius 2 is 2.00 bits per heavy atom. The summed E-state index contributed by atoms with van der Waals surface area (Å²) in [5.74, 6) is 1.65. The number of aromatic nitrogens is 2. The number of piperidine rings is 1. The van der Waals surface area contributed by atoms with Gasteiger partial charge in [0, 0.05) is 25.9 Å². The zero-order chi connectivity index (χ0) is 18.4. The minimum absolute atomic E-state index is 0.0749. The summed E-state index contributed by atoms with van der Waals surface area (Å²) in [7, 11) is 0. The highest BCUT2D eigenvalue weighted by molar-refractivity contribution is 5.77. The fraction of sp³-hybridized carbons (Fsp3) is 0.444. The van der Waals surface area contributed by atoms with Gasteiger partial charge in [0.1, 0.15) is 5.75 Å². The first-order valence-electron chi connectivity index (χ1n) is 8.64. The van der Waals surface area contributed by atoms with Crippen LogP contribution in [0.15, 0.2) is 34.9 Å². The van der Waals surface area contributed by atoms with E-state index in [-0.39, 0.29) is 30.9 Å². The molecule has 26 heavy (non-hydrogen) atoms. The van der Waals surface area contributed by atoms with E-state index in [0.29, 0.717) is 30.6 Å². The summed E-state index contributed by atoms with van der Waals surface area (Å²) in [5, 5.41) is 6.70. The largest absolute Gasteiger partial charge is 0.484 e. The average Bonchev–Trinajstić information content (AvgIpc) is 3.14. The molecule has 8 nitrogen and oxygen atoms in total. The molecule has 1 aromatic carbocycles. The van der Waals surface area contributed by atoms with E-state index in [1.165, 1.54) is 0 Å². The maximum atomic E-state index is 11.8. The Labute approximate surface area is 151 Å². The molecule has 0 radical (unpaired) electrons. The molecule has 0 unspecified atom stereocenters. The molecule has 138 valence electrons. The Morgan fingerprint density at radius 1 is 1.27 bits per heavy atom. The minimum atomic E-state index is -0.261. The van der Waals surface area contributed by atoms with E-state index in [4.69, 9.17) is 9.26 Å². The number of carbonyl (C=O) groups excluding carboxylic acids is 2. The lowest BCUT2D eigenvalue weighted by molar-refractivity contribution is -0.129. The summed E-state index contributed by atoms with van der Waals surface area (Å²) in [4.78, 5) is 29.4. The van der Waals surface area contributed by atoms with Crippen LogP contribution in [0.1, 0.15) is 37.4 Å². The van der Waals surface area contributed by atoms with E-state index in [1.54, 1.807) is 19.1 Å².